The third kappa shape index (κ3) is 1.55. The van der Waals surface area contributed by atoms with E-state index in [-0.39, 0.29) is 0 Å². The zero-order valence-corrected chi connectivity index (χ0v) is 6.06. The van der Waals surface area contributed by atoms with Gasteiger partial charge in [-0.2, -0.15) is 0 Å². The number of rotatable bonds is 2. The molecule has 1 heteroatoms. The molecule has 1 nitrogen and oxygen atoms in total. The van der Waals surface area contributed by atoms with Crippen LogP contribution in [0.15, 0.2) is 12.7 Å². The first-order valence-electron chi connectivity index (χ1n) is 3.66. The molecular weight excluding hydrogens is 110 g/mol. The predicted octanol–water partition coefficient (Wildman–Crippen LogP) is 1.42. The Morgan fingerprint density at radius 1 is 1.67 bits per heavy atom. The van der Waals surface area contributed by atoms with Crippen LogP contribution in [-0.4, -0.2) is 13.1 Å². The Bertz CT molecular complexity index is 98.7. The first kappa shape index (κ1) is 6.81. The van der Waals surface area contributed by atoms with Crippen molar-refractivity contribution in [3.05, 3.63) is 12.7 Å². The Labute approximate surface area is 57.1 Å². The molecule has 1 fully saturated rings. The van der Waals surface area contributed by atoms with Crippen LogP contribution in [0.2, 0.25) is 0 Å². The van der Waals surface area contributed by atoms with Crippen molar-refractivity contribution in [3.8, 4) is 0 Å². The molecule has 2 atom stereocenters. The van der Waals surface area contributed by atoms with E-state index >= 15 is 0 Å². The lowest BCUT2D eigenvalue weighted by Crippen LogP contribution is -2.08. The maximum Gasteiger partial charge on any atom is -0.00144 e. The van der Waals surface area contributed by atoms with Crippen LogP contribution in [-0.2, 0) is 0 Å². The third-order valence-corrected chi connectivity index (χ3v) is 2.15. The summed E-state index contributed by atoms with van der Waals surface area (Å²) in [5.74, 6) is 1.70. The average molecular weight is 125 g/mol. The quantitative estimate of drug-likeness (QED) is 0.550. The highest BCUT2D eigenvalue weighted by atomic mass is 14.9. The van der Waals surface area contributed by atoms with Gasteiger partial charge in [0.25, 0.3) is 0 Å². The first-order valence-corrected chi connectivity index (χ1v) is 3.66. The van der Waals surface area contributed by atoms with Gasteiger partial charge in [-0.05, 0) is 31.3 Å². The van der Waals surface area contributed by atoms with Gasteiger partial charge in [-0.3, -0.25) is 0 Å². The molecule has 2 unspecified atom stereocenters. The second-order valence-electron chi connectivity index (χ2n) is 2.92. The van der Waals surface area contributed by atoms with Gasteiger partial charge in [-0.15, -0.1) is 6.58 Å². The molecule has 1 aliphatic rings. The summed E-state index contributed by atoms with van der Waals surface area (Å²) in [7, 11) is 0. The second-order valence-corrected chi connectivity index (χ2v) is 2.92. The molecule has 1 saturated heterocycles. The van der Waals surface area contributed by atoms with Crippen LogP contribution in [0.1, 0.15) is 13.3 Å². The Hall–Kier alpha value is -0.300. The number of hydrogen-bond donors (Lipinski definition) is 1. The van der Waals surface area contributed by atoms with Crippen molar-refractivity contribution in [1.82, 2.24) is 5.32 Å². The molecule has 0 radical (unpaired) electrons. The lowest BCUT2D eigenvalue weighted by atomic mass is 9.95. The molecule has 0 aromatic carbocycles. The van der Waals surface area contributed by atoms with Gasteiger partial charge in [0.2, 0.25) is 0 Å². The summed E-state index contributed by atoms with van der Waals surface area (Å²) in [6, 6.07) is 0. The van der Waals surface area contributed by atoms with E-state index in [2.05, 4.69) is 18.8 Å². The maximum absolute atomic E-state index is 3.73. The highest BCUT2D eigenvalue weighted by molar-refractivity contribution is 4.83. The van der Waals surface area contributed by atoms with Crippen LogP contribution >= 0.6 is 0 Å². The van der Waals surface area contributed by atoms with E-state index in [1.807, 2.05) is 6.08 Å². The summed E-state index contributed by atoms with van der Waals surface area (Å²) < 4.78 is 0. The SMILES string of the molecule is C=CCC1CNCC1C. The molecule has 0 spiro atoms. The molecule has 0 bridgehead atoms. The monoisotopic (exact) mass is 125 g/mol. The van der Waals surface area contributed by atoms with Crippen molar-refractivity contribution in [2.24, 2.45) is 11.8 Å². The first-order chi connectivity index (χ1) is 4.34. The standard InChI is InChI=1S/C8H15N/c1-3-4-8-6-9-5-7(8)2/h3,7-9H,1,4-6H2,2H3. The number of allylic oxidation sites excluding steroid dienone is 1. The minimum atomic E-state index is 0.850. The fourth-order valence-electron chi connectivity index (χ4n) is 1.39. The molecule has 9 heavy (non-hydrogen) atoms. The molecule has 1 N–H and O–H groups in total. The van der Waals surface area contributed by atoms with Crippen LogP contribution < -0.4 is 5.32 Å². The van der Waals surface area contributed by atoms with Gasteiger partial charge >= 0.3 is 0 Å². The summed E-state index contributed by atoms with van der Waals surface area (Å²) >= 11 is 0. The minimum absolute atomic E-state index is 0.850. The molecule has 0 aromatic rings. The van der Waals surface area contributed by atoms with Crippen LogP contribution in [0.4, 0.5) is 0 Å². The van der Waals surface area contributed by atoms with E-state index in [0.717, 1.165) is 11.8 Å². The van der Waals surface area contributed by atoms with Crippen LogP contribution in [0, 0.1) is 11.8 Å². The van der Waals surface area contributed by atoms with Crippen LogP contribution in [0.3, 0.4) is 0 Å². The maximum atomic E-state index is 3.73. The van der Waals surface area contributed by atoms with E-state index in [1.165, 1.54) is 19.5 Å². The van der Waals surface area contributed by atoms with Crippen molar-refractivity contribution in [1.29, 1.82) is 0 Å². The van der Waals surface area contributed by atoms with Crippen LogP contribution in [0.5, 0.6) is 0 Å². The van der Waals surface area contributed by atoms with Crippen molar-refractivity contribution in [3.63, 3.8) is 0 Å². The lowest BCUT2D eigenvalue weighted by Gasteiger charge is -2.09. The third-order valence-electron chi connectivity index (χ3n) is 2.15. The summed E-state index contributed by atoms with van der Waals surface area (Å²) in [6.45, 7) is 8.41. The van der Waals surface area contributed by atoms with Gasteiger partial charge in [0.15, 0.2) is 0 Å². The van der Waals surface area contributed by atoms with E-state index in [9.17, 15) is 0 Å². The smallest absolute Gasteiger partial charge is 0.00144 e. The molecule has 1 heterocycles. The van der Waals surface area contributed by atoms with Gasteiger partial charge in [0, 0.05) is 0 Å². The molecule has 1 aliphatic heterocycles. The molecule has 0 amide bonds. The van der Waals surface area contributed by atoms with Gasteiger partial charge in [0.1, 0.15) is 0 Å². The van der Waals surface area contributed by atoms with Gasteiger partial charge in [-0.1, -0.05) is 13.0 Å². The molecule has 0 aromatic heterocycles. The average Bonchev–Trinajstić information content (AvgIpc) is 2.18. The summed E-state index contributed by atoms with van der Waals surface area (Å²) in [5, 5.41) is 3.36. The van der Waals surface area contributed by atoms with Crippen LogP contribution in [0.25, 0.3) is 0 Å². The summed E-state index contributed by atoms with van der Waals surface area (Å²) in [6.07, 6.45) is 3.20. The Kier molecular flexibility index (Phi) is 2.29. The van der Waals surface area contributed by atoms with E-state index < -0.39 is 0 Å². The van der Waals surface area contributed by atoms with Crippen molar-refractivity contribution in [2.45, 2.75) is 13.3 Å². The fraction of sp³-hybridized carbons (Fsp3) is 0.750. The normalized spacial score (nSPS) is 34.8. The van der Waals surface area contributed by atoms with Gasteiger partial charge < -0.3 is 5.32 Å². The summed E-state index contributed by atoms with van der Waals surface area (Å²) in [5.41, 5.74) is 0. The number of hydrogen-bond acceptors (Lipinski definition) is 1. The van der Waals surface area contributed by atoms with Gasteiger partial charge in [0.05, 0.1) is 0 Å². The largest absolute Gasteiger partial charge is 0.316 e. The number of nitrogens with one attached hydrogen (secondary N) is 1. The minimum Gasteiger partial charge on any atom is -0.316 e. The molecule has 0 saturated carbocycles. The van der Waals surface area contributed by atoms with Gasteiger partial charge in [-0.25, -0.2) is 0 Å². The Morgan fingerprint density at radius 2 is 2.44 bits per heavy atom. The van der Waals surface area contributed by atoms with E-state index in [1.54, 1.807) is 0 Å². The lowest BCUT2D eigenvalue weighted by molar-refractivity contribution is 0.458. The van der Waals surface area contributed by atoms with Crippen molar-refractivity contribution >= 4 is 0 Å². The van der Waals surface area contributed by atoms with E-state index in [4.69, 9.17) is 0 Å². The molecule has 52 valence electrons. The van der Waals surface area contributed by atoms with E-state index in [0.29, 0.717) is 0 Å². The zero-order valence-electron chi connectivity index (χ0n) is 6.06. The van der Waals surface area contributed by atoms with Crippen molar-refractivity contribution in [2.75, 3.05) is 13.1 Å². The topological polar surface area (TPSA) is 12.0 Å². The zero-order chi connectivity index (χ0) is 6.69. The predicted molar refractivity (Wildman–Crippen MR) is 40.3 cm³/mol. The Balaban J connectivity index is 2.30. The highest BCUT2D eigenvalue weighted by Crippen LogP contribution is 2.18. The second kappa shape index (κ2) is 3.02. The highest BCUT2D eigenvalue weighted by Gasteiger charge is 2.20. The molecule has 1 rings (SSSR count). The van der Waals surface area contributed by atoms with Crippen molar-refractivity contribution < 1.29 is 0 Å². The summed E-state index contributed by atoms with van der Waals surface area (Å²) in [4.78, 5) is 0. The molecule has 0 aliphatic carbocycles. The molecular formula is C8H15N. The fourth-order valence-corrected chi connectivity index (χ4v) is 1.39. The Morgan fingerprint density at radius 3 is 2.89 bits per heavy atom.